The van der Waals surface area contributed by atoms with Crippen LogP contribution in [0.1, 0.15) is 43.2 Å². The Kier molecular flexibility index (Phi) is 5.45. The number of nitrogens with two attached hydrogens (primary N) is 1. The third-order valence-electron chi connectivity index (χ3n) is 7.47. The largest absolute Gasteiger partial charge is 0.368 e. The molecule has 4 bridgehead atoms. The van der Waals surface area contributed by atoms with Crippen molar-refractivity contribution in [3.63, 3.8) is 0 Å². The Balaban J connectivity index is 1.29. The lowest BCUT2D eigenvalue weighted by atomic mass is 9.48. The van der Waals surface area contributed by atoms with E-state index in [2.05, 4.69) is 26.7 Å². The Labute approximate surface area is 192 Å². The number of anilines is 2. The zero-order valence-corrected chi connectivity index (χ0v) is 18.8. The van der Waals surface area contributed by atoms with Gasteiger partial charge in [0.1, 0.15) is 17.5 Å². The van der Waals surface area contributed by atoms with Crippen LogP contribution in [0.2, 0.25) is 10.0 Å². The number of aromatic nitrogens is 2. The van der Waals surface area contributed by atoms with Crippen LogP contribution in [0.3, 0.4) is 0 Å². The first-order valence-electron chi connectivity index (χ1n) is 10.9. The molecule has 31 heavy (non-hydrogen) atoms. The number of nitrogens with one attached hydrogen (secondary N) is 2. The van der Waals surface area contributed by atoms with Gasteiger partial charge >= 0.3 is 0 Å². The van der Waals surface area contributed by atoms with Crippen molar-refractivity contribution in [3.05, 3.63) is 45.6 Å². The number of hydrogen-bond donors (Lipinski definition) is 3. The van der Waals surface area contributed by atoms with Crippen molar-refractivity contribution in [2.75, 3.05) is 17.2 Å². The number of nitrogens with zero attached hydrogens (tertiary/aromatic N) is 3. The lowest BCUT2D eigenvalue weighted by Crippen LogP contribution is -2.58. The highest BCUT2D eigenvalue weighted by Crippen LogP contribution is 2.59. The number of rotatable bonds is 6. The van der Waals surface area contributed by atoms with Crippen molar-refractivity contribution in [1.29, 1.82) is 5.26 Å². The summed E-state index contributed by atoms with van der Waals surface area (Å²) >= 11 is 12.2. The number of nitriles is 1. The molecule has 6 nitrogen and oxygen atoms in total. The summed E-state index contributed by atoms with van der Waals surface area (Å²) in [4.78, 5) is 8.87. The minimum absolute atomic E-state index is 0.272. The van der Waals surface area contributed by atoms with E-state index in [9.17, 15) is 5.26 Å². The highest BCUT2D eigenvalue weighted by atomic mass is 35.5. The van der Waals surface area contributed by atoms with Crippen LogP contribution in [0.5, 0.6) is 0 Å². The molecule has 4 fully saturated rings. The number of halogens is 2. The van der Waals surface area contributed by atoms with Gasteiger partial charge in [0.2, 0.25) is 5.95 Å². The maximum Gasteiger partial charge on any atom is 0.224 e. The predicted octanol–water partition coefficient (Wildman–Crippen LogP) is 4.83. The third-order valence-corrected chi connectivity index (χ3v) is 8.05. The first-order valence-corrected chi connectivity index (χ1v) is 11.6. The molecule has 2 aromatic rings. The SMILES string of the molecule is N#Cc1cnc(NCc2ccc(Cl)cc2Cl)nc1NCC12CC3C[C@H](C1)C(N)[C@@H](C3)C2. The highest BCUT2D eigenvalue weighted by Gasteiger charge is 2.54. The van der Waals surface area contributed by atoms with Crippen molar-refractivity contribution in [3.8, 4) is 6.07 Å². The molecule has 3 unspecified atom stereocenters. The van der Waals surface area contributed by atoms with Gasteiger partial charge in [-0.2, -0.15) is 10.2 Å². The molecule has 6 rings (SSSR count). The molecule has 0 aliphatic heterocycles. The van der Waals surface area contributed by atoms with Gasteiger partial charge in [-0.3, -0.25) is 0 Å². The third kappa shape index (κ3) is 4.07. The van der Waals surface area contributed by atoms with Crippen LogP contribution in [0.15, 0.2) is 24.4 Å². The molecule has 1 aromatic heterocycles. The molecule has 8 heteroatoms. The minimum atomic E-state index is 0.272. The van der Waals surface area contributed by atoms with Gasteiger partial charge in [0, 0.05) is 29.2 Å². The Morgan fingerprint density at radius 3 is 2.65 bits per heavy atom. The summed E-state index contributed by atoms with van der Waals surface area (Å²) < 4.78 is 0. The van der Waals surface area contributed by atoms with Crippen LogP contribution < -0.4 is 16.4 Å². The van der Waals surface area contributed by atoms with Crippen molar-refractivity contribution < 1.29 is 0 Å². The van der Waals surface area contributed by atoms with Crippen molar-refractivity contribution >= 4 is 35.0 Å². The molecule has 0 amide bonds. The monoisotopic (exact) mass is 456 g/mol. The van der Waals surface area contributed by atoms with E-state index in [0.717, 1.165) is 18.0 Å². The molecular weight excluding hydrogens is 431 g/mol. The summed E-state index contributed by atoms with van der Waals surface area (Å²) in [6.45, 7) is 1.30. The fourth-order valence-electron chi connectivity index (χ4n) is 6.24. The van der Waals surface area contributed by atoms with Gasteiger partial charge in [0.15, 0.2) is 0 Å². The van der Waals surface area contributed by atoms with Gasteiger partial charge in [-0.25, -0.2) is 4.98 Å². The maximum absolute atomic E-state index is 9.54. The second kappa shape index (κ2) is 8.12. The zero-order valence-electron chi connectivity index (χ0n) is 17.2. The van der Waals surface area contributed by atoms with Crippen LogP contribution in [-0.4, -0.2) is 22.6 Å². The normalized spacial score (nSPS) is 30.8. The van der Waals surface area contributed by atoms with Crippen LogP contribution in [0.4, 0.5) is 11.8 Å². The van der Waals surface area contributed by atoms with Gasteiger partial charge in [0.25, 0.3) is 0 Å². The molecule has 0 saturated heterocycles. The Hall–Kier alpha value is -2.07. The van der Waals surface area contributed by atoms with E-state index in [1.54, 1.807) is 18.3 Å². The minimum Gasteiger partial charge on any atom is -0.368 e. The van der Waals surface area contributed by atoms with Crippen LogP contribution in [-0.2, 0) is 6.54 Å². The van der Waals surface area contributed by atoms with E-state index < -0.39 is 0 Å². The second-order valence-electron chi connectivity index (χ2n) is 9.56. The summed E-state index contributed by atoms with van der Waals surface area (Å²) in [7, 11) is 0. The molecule has 4 aliphatic rings. The quantitative estimate of drug-likeness (QED) is 0.575. The standard InChI is InChI=1S/C23H26Cl2N6/c24-18-2-1-14(19(25)5-18)10-28-22-29-11-17(9-26)21(31-22)30-12-23-6-13-3-15(7-23)20(27)16(4-13)8-23/h1-2,5,11,13,15-16,20H,3-4,6-8,10,12,27H2,(H2,28,29,30,31)/t13?,15-,16+,20?,23?. The lowest BCUT2D eigenvalue weighted by molar-refractivity contribution is -0.0591. The average molecular weight is 457 g/mol. The summed E-state index contributed by atoms with van der Waals surface area (Å²) in [5, 5.41) is 17.4. The van der Waals surface area contributed by atoms with Gasteiger partial charge in [-0.05, 0) is 73.0 Å². The van der Waals surface area contributed by atoms with Crippen LogP contribution in [0.25, 0.3) is 0 Å². The molecule has 1 aromatic carbocycles. The van der Waals surface area contributed by atoms with Gasteiger partial charge < -0.3 is 16.4 Å². The van der Waals surface area contributed by atoms with E-state index in [1.165, 1.54) is 32.1 Å². The van der Waals surface area contributed by atoms with E-state index >= 15 is 0 Å². The lowest BCUT2D eigenvalue weighted by Gasteiger charge is -2.59. The summed E-state index contributed by atoms with van der Waals surface area (Å²) in [6.07, 6.45) is 7.77. The molecule has 4 N–H and O–H groups in total. The van der Waals surface area contributed by atoms with Crippen molar-refractivity contribution in [1.82, 2.24) is 9.97 Å². The van der Waals surface area contributed by atoms with E-state index in [-0.39, 0.29) is 5.41 Å². The Morgan fingerprint density at radius 2 is 1.94 bits per heavy atom. The molecule has 162 valence electrons. The summed E-state index contributed by atoms with van der Waals surface area (Å²) in [5.74, 6) is 3.15. The fourth-order valence-corrected chi connectivity index (χ4v) is 6.72. The fraction of sp³-hybridized carbons (Fsp3) is 0.522. The van der Waals surface area contributed by atoms with Crippen LogP contribution in [0, 0.1) is 34.5 Å². The molecule has 0 radical (unpaired) electrons. The Bertz CT molecular complexity index is 1020. The summed E-state index contributed by atoms with van der Waals surface area (Å²) in [5.41, 5.74) is 8.12. The molecule has 4 saturated carbocycles. The smallest absolute Gasteiger partial charge is 0.224 e. The number of benzene rings is 1. The van der Waals surface area contributed by atoms with E-state index in [4.69, 9.17) is 28.9 Å². The molecule has 0 spiro atoms. The first kappa shape index (κ1) is 20.8. The molecular formula is C23H26Cl2N6. The topological polar surface area (TPSA) is 99.6 Å². The van der Waals surface area contributed by atoms with Gasteiger partial charge in [-0.1, -0.05) is 29.3 Å². The van der Waals surface area contributed by atoms with E-state index in [1.807, 2.05) is 6.07 Å². The molecule has 5 atom stereocenters. The average Bonchev–Trinajstić information content (AvgIpc) is 2.75. The van der Waals surface area contributed by atoms with Crippen LogP contribution >= 0.6 is 23.2 Å². The highest BCUT2D eigenvalue weighted by molar-refractivity contribution is 6.35. The second-order valence-corrected chi connectivity index (χ2v) is 10.4. The van der Waals surface area contributed by atoms with E-state index in [0.29, 0.717) is 51.8 Å². The zero-order chi connectivity index (χ0) is 21.6. The predicted molar refractivity (Wildman–Crippen MR) is 123 cm³/mol. The van der Waals surface area contributed by atoms with Crippen molar-refractivity contribution in [2.24, 2.45) is 28.9 Å². The van der Waals surface area contributed by atoms with Crippen molar-refractivity contribution in [2.45, 2.75) is 44.7 Å². The Morgan fingerprint density at radius 1 is 1.16 bits per heavy atom. The van der Waals surface area contributed by atoms with Gasteiger partial charge in [-0.15, -0.1) is 0 Å². The molecule has 4 aliphatic carbocycles. The maximum atomic E-state index is 9.54. The number of hydrogen-bond acceptors (Lipinski definition) is 6. The first-order chi connectivity index (χ1) is 14.9. The molecule has 1 heterocycles. The van der Waals surface area contributed by atoms with Gasteiger partial charge in [0.05, 0.1) is 6.20 Å². The summed E-state index contributed by atoms with van der Waals surface area (Å²) in [6, 6.07) is 7.96.